The van der Waals surface area contributed by atoms with E-state index in [9.17, 15) is 4.79 Å². The second kappa shape index (κ2) is 10.4. The molecule has 0 saturated heterocycles. The third-order valence-corrected chi connectivity index (χ3v) is 2.32. The standard InChI is InChI=1S/C8H9O2.C5H4Br.Fe/c1-2-10-8(9)7-5-3-4-6-7;6-5-3-1-2-4-5;/h3-6H,2H2,1H3;1-4H;/q;;+2. The van der Waals surface area contributed by atoms with Crippen molar-refractivity contribution in [2.75, 3.05) is 6.61 Å². The molecule has 0 aromatic rings. The summed E-state index contributed by atoms with van der Waals surface area (Å²) in [4.78, 5) is 12.0. The van der Waals surface area contributed by atoms with Crippen LogP contribution < -0.4 is 0 Å². The Morgan fingerprint density at radius 2 is 1.59 bits per heavy atom. The van der Waals surface area contributed by atoms with E-state index >= 15 is 0 Å². The van der Waals surface area contributed by atoms with Gasteiger partial charge in [-0.05, 0) is 58.3 Å². The zero-order chi connectivity index (χ0) is 11.8. The van der Waals surface area contributed by atoms with Crippen LogP contribution in [0.3, 0.4) is 0 Å². The van der Waals surface area contributed by atoms with Crippen LogP contribution in [0.4, 0.5) is 0 Å². The van der Waals surface area contributed by atoms with Gasteiger partial charge in [0.2, 0.25) is 0 Å². The molecule has 17 heavy (non-hydrogen) atoms. The van der Waals surface area contributed by atoms with E-state index in [0.29, 0.717) is 12.5 Å². The molecule has 4 heteroatoms. The molecule has 0 spiro atoms. The fourth-order valence-electron chi connectivity index (χ4n) is 1.08. The number of hydrogen-bond donors (Lipinski definition) is 0. The number of carbonyl (C=O) groups is 1. The minimum absolute atomic E-state index is 0. The van der Waals surface area contributed by atoms with Crippen LogP contribution in [0.2, 0.25) is 0 Å². The number of carbonyl (C=O) groups excluding carboxylic acids is 1. The van der Waals surface area contributed by atoms with Crippen LogP contribution in [-0.4, -0.2) is 12.6 Å². The largest absolute Gasteiger partial charge is 2.00 e. The van der Waals surface area contributed by atoms with Crippen LogP contribution in [0.5, 0.6) is 0 Å². The number of hydrogen-bond acceptors (Lipinski definition) is 2. The summed E-state index contributed by atoms with van der Waals surface area (Å²) >= 11 is 3.28. The summed E-state index contributed by atoms with van der Waals surface area (Å²) in [5.74, 6) is 0.384. The van der Waals surface area contributed by atoms with E-state index in [-0.39, 0.29) is 23.0 Å². The summed E-state index contributed by atoms with van der Waals surface area (Å²) in [6, 6.07) is 0. The molecule has 10 radical (unpaired) electrons. The Balaban J connectivity index is 0.000000316. The van der Waals surface area contributed by atoms with Crippen LogP contribution in [0, 0.1) is 62.1 Å². The summed E-state index contributed by atoms with van der Waals surface area (Å²) in [5, 5.41) is 0. The predicted octanol–water partition coefficient (Wildman–Crippen LogP) is 2.70. The molecule has 2 fully saturated rings. The number of ether oxygens (including phenoxy) is 1. The maximum absolute atomic E-state index is 10.9. The summed E-state index contributed by atoms with van der Waals surface area (Å²) < 4.78 is 4.75. The topological polar surface area (TPSA) is 26.3 Å². The molecule has 2 nitrogen and oxygen atoms in total. The Hall–Kier alpha value is 0.469. The number of rotatable bonds is 2. The van der Waals surface area contributed by atoms with Gasteiger partial charge in [0.1, 0.15) is 0 Å². The van der Waals surface area contributed by atoms with Crippen molar-refractivity contribution < 1.29 is 26.6 Å². The van der Waals surface area contributed by atoms with Crippen molar-refractivity contribution in [3.05, 3.63) is 62.1 Å². The van der Waals surface area contributed by atoms with Crippen molar-refractivity contribution in [2.24, 2.45) is 0 Å². The van der Waals surface area contributed by atoms with Crippen molar-refractivity contribution in [3.8, 4) is 0 Å². The van der Waals surface area contributed by atoms with E-state index in [0.717, 1.165) is 4.83 Å². The molecule has 0 heterocycles. The van der Waals surface area contributed by atoms with E-state index in [1.54, 1.807) is 19.8 Å². The molecule has 2 aliphatic rings. The molecule has 0 bridgehead atoms. The van der Waals surface area contributed by atoms with Crippen molar-refractivity contribution in [1.29, 1.82) is 0 Å². The van der Waals surface area contributed by atoms with Gasteiger partial charge in [-0.1, -0.05) is 15.9 Å². The molecular formula is C13H13BrFeO2+2. The Labute approximate surface area is 124 Å². The van der Waals surface area contributed by atoms with E-state index in [2.05, 4.69) is 15.9 Å². The maximum Gasteiger partial charge on any atom is 2.00 e. The van der Waals surface area contributed by atoms with Gasteiger partial charge in [0.05, 0.1) is 12.5 Å². The number of halogens is 1. The first-order chi connectivity index (χ1) is 7.74. The number of esters is 1. The van der Waals surface area contributed by atoms with Crippen LogP contribution in [0.1, 0.15) is 6.92 Å². The Morgan fingerprint density at radius 3 is 1.94 bits per heavy atom. The van der Waals surface area contributed by atoms with Gasteiger partial charge >= 0.3 is 23.0 Å². The van der Waals surface area contributed by atoms with Gasteiger partial charge in [0.25, 0.3) is 0 Å². The van der Waals surface area contributed by atoms with E-state index in [1.165, 1.54) is 0 Å². The van der Waals surface area contributed by atoms with Crippen LogP contribution in [0.15, 0.2) is 0 Å². The fraction of sp³-hybridized carbons (Fsp3) is 0.154. The molecule has 2 aliphatic carbocycles. The monoisotopic (exact) mass is 336 g/mol. The molecule has 0 amide bonds. The van der Waals surface area contributed by atoms with Gasteiger partial charge in [-0.2, -0.15) is 0 Å². The maximum atomic E-state index is 10.9. The first-order valence-electron chi connectivity index (χ1n) is 5.00. The fourth-order valence-corrected chi connectivity index (χ4v) is 1.38. The first kappa shape index (κ1) is 17.5. The average Bonchev–Trinajstić information content (AvgIpc) is 2.90. The zero-order valence-corrected chi connectivity index (χ0v) is 12.1. The van der Waals surface area contributed by atoms with Crippen molar-refractivity contribution >= 4 is 21.9 Å². The molecular weight excluding hydrogens is 324 g/mol. The van der Waals surface area contributed by atoms with Crippen molar-refractivity contribution in [1.82, 2.24) is 0 Å². The molecule has 90 valence electrons. The first-order valence-corrected chi connectivity index (χ1v) is 5.79. The van der Waals surface area contributed by atoms with Crippen molar-refractivity contribution in [3.63, 3.8) is 0 Å². The van der Waals surface area contributed by atoms with Gasteiger partial charge in [-0.25, -0.2) is 0 Å². The molecule has 0 aromatic carbocycles. The third-order valence-electron chi connectivity index (χ3n) is 1.80. The second-order valence-corrected chi connectivity index (χ2v) is 3.91. The van der Waals surface area contributed by atoms with Gasteiger partial charge < -0.3 is 4.74 Å². The summed E-state index contributed by atoms with van der Waals surface area (Å²) in [5.41, 5.74) is 0. The molecule has 0 atom stereocenters. The molecule has 0 unspecified atom stereocenters. The molecule has 0 aromatic heterocycles. The van der Waals surface area contributed by atoms with Crippen molar-refractivity contribution in [2.45, 2.75) is 6.92 Å². The normalized spacial score (nSPS) is 20.4. The minimum atomic E-state index is -0.243. The summed E-state index contributed by atoms with van der Waals surface area (Å²) in [6.07, 6.45) is 15.1. The van der Waals surface area contributed by atoms with E-state index in [1.807, 2.05) is 38.5 Å². The van der Waals surface area contributed by atoms with Crippen LogP contribution in [0.25, 0.3) is 0 Å². The van der Waals surface area contributed by atoms with Crippen LogP contribution in [-0.2, 0) is 26.6 Å². The molecule has 2 rings (SSSR count). The average molecular weight is 337 g/mol. The summed E-state index contributed by atoms with van der Waals surface area (Å²) in [7, 11) is 0. The smallest absolute Gasteiger partial charge is 0.466 e. The Kier molecular flexibility index (Phi) is 10.7. The Morgan fingerprint density at radius 1 is 1.12 bits per heavy atom. The summed E-state index contributed by atoms with van der Waals surface area (Å²) in [6.45, 7) is 2.23. The van der Waals surface area contributed by atoms with Gasteiger partial charge in [-0.3, -0.25) is 4.79 Å². The second-order valence-electron chi connectivity index (χ2n) is 3.00. The molecule has 2 saturated carbocycles. The minimum Gasteiger partial charge on any atom is -0.466 e. The quantitative estimate of drug-likeness (QED) is 0.572. The zero-order valence-electron chi connectivity index (χ0n) is 9.37. The Bertz CT molecular complexity index is 200. The SMILES string of the molecule is Br[C]1[CH][CH][CH][CH]1.CCOC(=O)[C]1[CH][CH][CH][CH]1.[Fe+2]. The molecule has 0 N–H and O–H groups in total. The third kappa shape index (κ3) is 7.48. The van der Waals surface area contributed by atoms with Gasteiger partial charge in [-0.15, -0.1) is 0 Å². The molecule has 0 aliphatic heterocycles. The predicted molar refractivity (Wildman–Crippen MR) is 66.4 cm³/mol. The van der Waals surface area contributed by atoms with E-state index < -0.39 is 0 Å². The van der Waals surface area contributed by atoms with E-state index in [4.69, 9.17) is 4.74 Å². The van der Waals surface area contributed by atoms with Crippen LogP contribution >= 0.6 is 15.9 Å². The van der Waals surface area contributed by atoms with Gasteiger partial charge in [0.15, 0.2) is 0 Å². The van der Waals surface area contributed by atoms with Gasteiger partial charge in [0, 0.05) is 4.83 Å².